The molecule has 0 spiro atoms. The summed E-state index contributed by atoms with van der Waals surface area (Å²) < 4.78 is 24.3. The van der Waals surface area contributed by atoms with E-state index < -0.39 is 10.0 Å². The first-order valence-electron chi connectivity index (χ1n) is 8.35. The van der Waals surface area contributed by atoms with E-state index in [1.165, 1.54) is 12.1 Å². The summed E-state index contributed by atoms with van der Waals surface area (Å²) in [5, 5.41) is 12.2. The highest BCUT2D eigenvalue weighted by Gasteiger charge is 2.08. The SMILES string of the molecule is Cc1ccnn1-c1ccc(C(=O)NCCc2ccc(S(N)(=O)=O)cc2)cc1. The van der Waals surface area contributed by atoms with E-state index in [1.807, 2.05) is 25.1 Å². The second-order valence-corrected chi connectivity index (χ2v) is 7.69. The van der Waals surface area contributed by atoms with Gasteiger partial charge in [-0.1, -0.05) is 12.1 Å². The Morgan fingerprint density at radius 1 is 1.07 bits per heavy atom. The van der Waals surface area contributed by atoms with Gasteiger partial charge in [-0.3, -0.25) is 4.79 Å². The van der Waals surface area contributed by atoms with Crippen molar-refractivity contribution in [2.45, 2.75) is 18.2 Å². The van der Waals surface area contributed by atoms with Gasteiger partial charge in [0.25, 0.3) is 5.91 Å². The highest BCUT2D eigenvalue weighted by molar-refractivity contribution is 7.89. The van der Waals surface area contributed by atoms with E-state index in [2.05, 4.69) is 10.4 Å². The molecule has 0 aliphatic carbocycles. The number of sulfonamides is 1. The van der Waals surface area contributed by atoms with Crippen LogP contribution in [-0.2, 0) is 16.4 Å². The van der Waals surface area contributed by atoms with Crippen LogP contribution in [0.4, 0.5) is 0 Å². The number of aromatic nitrogens is 2. The number of hydrogen-bond acceptors (Lipinski definition) is 4. The van der Waals surface area contributed by atoms with E-state index in [-0.39, 0.29) is 10.8 Å². The Morgan fingerprint density at radius 3 is 2.30 bits per heavy atom. The topological polar surface area (TPSA) is 107 Å². The van der Waals surface area contributed by atoms with Gasteiger partial charge in [0.15, 0.2) is 0 Å². The number of carbonyl (C=O) groups is 1. The number of hydrogen-bond donors (Lipinski definition) is 2. The van der Waals surface area contributed by atoms with Crippen LogP contribution >= 0.6 is 0 Å². The molecule has 1 heterocycles. The molecule has 3 aromatic rings. The first-order chi connectivity index (χ1) is 12.8. The summed E-state index contributed by atoms with van der Waals surface area (Å²) in [4.78, 5) is 12.3. The van der Waals surface area contributed by atoms with E-state index in [9.17, 15) is 13.2 Å². The van der Waals surface area contributed by atoms with E-state index in [0.717, 1.165) is 16.9 Å². The number of amides is 1. The lowest BCUT2D eigenvalue weighted by molar-refractivity contribution is 0.0954. The van der Waals surface area contributed by atoms with Crippen molar-refractivity contribution >= 4 is 15.9 Å². The van der Waals surface area contributed by atoms with Crippen LogP contribution in [0, 0.1) is 6.92 Å². The molecule has 140 valence electrons. The zero-order chi connectivity index (χ0) is 19.4. The summed E-state index contributed by atoms with van der Waals surface area (Å²) in [5.41, 5.74) is 3.38. The minimum atomic E-state index is -3.69. The third-order valence-corrected chi connectivity index (χ3v) is 5.09. The van der Waals surface area contributed by atoms with Crippen LogP contribution in [0.15, 0.2) is 65.7 Å². The summed E-state index contributed by atoms with van der Waals surface area (Å²) in [6.07, 6.45) is 2.31. The molecule has 2 aromatic carbocycles. The molecule has 0 unspecified atom stereocenters. The fraction of sp³-hybridized carbons (Fsp3) is 0.158. The predicted octanol–water partition coefficient (Wildman–Crippen LogP) is 1.80. The number of nitrogens with one attached hydrogen (secondary N) is 1. The second-order valence-electron chi connectivity index (χ2n) is 6.13. The van der Waals surface area contributed by atoms with Gasteiger partial charge in [0.2, 0.25) is 10.0 Å². The normalized spacial score (nSPS) is 11.3. The molecule has 1 amide bonds. The summed E-state index contributed by atoms with van der Waals surface area (Å²) in [5.74, 6) is -0.167. The monoisotopic (exact) mass is 384 g/mol. The molecule has 0 atom stereocenters. The first-order valence-corrected chi connectivity index (χ1v) is 9.90. The molecular weight excluding hydrogens is 364 g/mol. The van der Waals surface area contributed by atoms with E-state index in [4.69, 9.17) is 5.14 Å². The quantitative estimate of drug-likeness (QED) is 0.676. The van der Waals surface area contributed by atoms with Crippen molar-refractivity contribution < 1.29 is 13.2 Å². The number of rotatable bonds is 6. The third-order valence-electron chi connectivity index (χ3n) is 4.16. The zero-order valence-corrected chi connectivity index (χ0v) is 15.6. The van der Waals surface area contributed by atoms with E-state index in [1.54, 1.807) is 35.1 Å². The van der Waals surface area contributed by atoms with Crippen molar-refractivity contribution in [3.05, 3.63) is 77.6 Å². The molecule has 27 heavy (non-hydrogen) atoms. The minimum Gasteiger partial charge on any atom is -0.352 e. The predicted molar refractivity (Wildman–Crippen MR) is 102 cm³/mol. The smallest absolute Gasteiger partial charge is 0.251 e. The van der Waals surface area contributed by atoms with Gasteiger partial charge in [-0.25, -0.2) is 18.2 Å². The minimum absolute atomic E-state index is 0.0720. The van der Waals surface area contributed by atoms with Crippen molar-refractivity contribution in [2.75, 3.05) is 6.54 Å². The summed E-state index contributed by atoms with van der Waals surface area (Å²) in [6.45, 7) is 2.40. The molecule has 8 heteroatoms. The maximum absolute atomic E-state index is 12.3. The molecule has 3 N–H and O–H groups in total. The Kier molecular flexibility index (Phi) is 5.38. The molecule has 0 bridgehead atoms. The first kappa shape index (κ1) is 18.8. The van der Waals surface area contributed by atoms with Crippen molar-refractivity contribution in [1.82, 2.24) is 15.1 Å². The highest BCUT2D eigenvalue weighted by Crippen LogP contribution is 2.12. The summed E-state index contributed by atoms with van der Waals surface area (Å²) in [7, 11) is -3.69. The van der Waals surface area contributed by atoms with Gasteiger partial charge in [-0.05, 0) is 61.4 Å². The molecule has 0 aliphatic heterocycles. The number of nitrogens with two attached hydrogens (primary N) is 1. The average Bonchev–Trinajstić information content (AvgIpc) is 3.07. The fourth-order valence-electron chi connectivity index (χ4n) is 2.66. The zero-order valence-electron chi connectivity index (χ0n) is 14.8. The van der Waals surface area contributed by atoms with Gasteiger partial charge in [0.1, 0.15) is 0 Å². The Morgan fingerprint density at radius 2 is 1.74 bits per heavy atom. The second kappa shape index (κ2) is 7.73. The molecule has 0 saturated heterocycles. The molecule has 0 saturated carbocycles. The molecule has 0 radical (unpaired) electrons. The van der Waals surface area contributed by atoms with Gasteiger partial charge < -0.3 is 5.32 Å². The van der Waals surface area contributed by atoms with Crippen LogP contribution in [0.1, 0.15) is 21.6 Å². The number of carbonyl (C=O) groups excluding carboxylic acids is 1. The number of primary sulfonamides is 1. The van der Waals surface area contributed by atoms with Gasteiger partial charge in [-0.2, -0.15) is 5.10 Å². The molecule has 3 rings (SSSR count). The largest absolute Gasteiger partial charge is 0.352 e. The Hall–Kier alpha value is -2.97. The van der Waals surface area contributed by atoms with Gasteiger partial charge in [0.05, 0.1) is 10.6 Å². The van der Waals surface area contributed by atoms with Crippen LogP contribution in [-0.4, -0.2) is 30.7 Å². The number of aryl methyl sites for hydroxylation is 1. The standard InChI is InChI=1S/C19H20N4O3S/c1-14-10-13-22-23(14)17-6-4-16(5-7-17)19(24)21-12-11-15-2-8-18(9-3-15)27(20,25)26/h2-10,13H,11-12H2,1H3,(H,21,24)(H2,20,25,26). The third kappa shape index (κ3) is 4.60. The van der Waals surface area contributed by atoms with Crippen molar-refractivity contribution in [3.8, 4) is 5.69 Å². The van der Waals surface area contributed by atoms with Crippen molar-refractivity contribution in [2.24, 2.45) is 5.14 Å². The Bertz CT molecular complexity index is 1040. The number of benzene rings is 2. The van der Waals surface area contributed by atoms with Crippen LogP contribution in [0.3, 0.4) is 0 Å². The maximum atomic E-state index is 12.3. The Balaban J connectivity index is 1.56. The summed E-state index contributed by atoms with van der Waals surface area (Å²) >= 11 is 0. The van der Waals surface area contributed by atoms with Gasteiger partial charge >= 0.3 is 0 Å². The van der Waals surface area contributed by atoms with Gasteiger partial charge in [0, 0.05) is 24.0 Å². The van der Waals surface area contributed by atoms with Crippen LogP contribution in [0.5, 0.6) is 0 Å². The molecule has 0 fully saturated rings. The lowest BCUT2D eigenvalue weighted by Crippen LogP contribution is -2.25. The summed E-state index contributed by atoms with van der Waals surface area (Å²) in [6, 6.07) is 15.4. The molecule has 0 aliphatic rings. The van der Waals surface area contributed by atoms with E-state index >= 15 is 0 Å². The Labute approximate surface area is 157 Å². The lowest BCUT2D eigenvalue weighted by atomic mass is 10.1. The van der Waals surface area contributed by atoms with Crippen molar-refractivity contribution in [1.29, 1.82) is 0 Å². The molecule has 7 nitrogen and oxygen atoms in total. The van der Waals surface area contributed by atoms with Crippen LogP contribution in [0.25, 0.3) is 5.69 Å². The van der Waals surface area contributed by atoms with Crippen LogP contribution < -0.4 is 10.5 Å². The number of nitrogens with zero attached hydrogens (tertiary/aromatic N) is 2. The maximum Gasteiger partial charge on any atom is 0.251 e. The van der Waals surface area contributed by atoms with E-state index in [0.29, 0.717) is 18.5 Å². The fourth-order valence-corrected chi connectivity index (χ4v) is 3.18. The highest BCUT2D eigenvalue weighted by atomic mass is 32.2. The van der Waals surface area contributed by atoms with Crippen molar-refractivity contribution in [3.63, 3.8) is 0 Å². The van der Waals surface area contributed by atoms with Gasteiger partial charge in [-0.15, -0.1) is 0 Å². The average molecular weight is 384 g/mol. The lowest BCUT2D eigenvalue weighted by Gasteiger charge is -2.08. The van der Waals surface area contributed by atoms with Crippen LogP contribution in [0.2, 0.25) is 0 Å². The molecular formula is C19H20N4O3S. The molecule has 1 aromatic heterocycles.